The Morgan fingerprint density at radius 3 is 3.00 bits per heavy atom. The van der Waals surface area contributed by atoms with E-state index in [0.717, 1.165) is 30.5 Å². The molecule has 0 radical (unpaired) electrons. The second-order valence-corrected chi connectivity index (χ2v) is 6.05. The molecule has 1 atom stereocenters. The van der Waals surface area contributed by atoms with E-state index in [1.165, 1.54) is 18.3 Å². The molecule has 2 heterocycles. The molecule has 1 aliphatic carbocycles. The molecule has 0 bridgehead atoms. The van der Waals surface area contributed by atoms with E-state index in [0.29, 0.717) is 5.56 Å². The Morgan fingerprint density at radius 1 is 1.48 bits per heavy atom. The highest BCUT2D eigenvalue weighted by Gasteiger charge is 2.24. The molecule has 6 nitrogen and oxygen atoms in total. The lowest BCUT2D eigenvalue weighted by atomic mass is 9.90. The smallest absolute Gasteiger partial charge is 0.253 e. The lowest BCUT2D eigenvalue weighted by Gasteiger charge is -2.27. The molecule has 2 aromatic rings. The Balaban J connectivity index is 1.87. The molecule has 0 fully saturated rings. The highest BCUT2D eigenvalue weighted by Crippen LogP contribution is 2.29. The van der Waals surface area contributed by atoms with Crippen LogP contribution in [-0.4, -0.2) is 15.5 Å². The van der Waals surface area contributed by atoms with Crippen LogP contribution in [-0.2, 0) is 13.5 Å². The first-order valence-corrected chi connectivity index (χ1v) is 7.76. The molecule has 1 amide bonds. The van der Waals surface area contributed by atoms with Gasteiger partial charge in [-0.15, -0.1) is 0 Å². The molecular weight excluding hydrogens is 316 g/mol. The van der Waals surface area contributed by atoms with Crippen molar-refractivity contribution in [1.29, 1.82) is 0 Å². The summed E-state index contributed by atoms with van der Waals surface area (Å²) in [5, 5.41) is 3.24. The molecule has 2 aromatic heterocycles. The summed E-state index contributed by atoms with van der Waals surface area (Å²) < 4.78 is 1.65. The Kier molecular flexibility index (Phi) is 4.09. The molecule has 0 spiro atoms. The third kappa shape index (κ3) is 2.94. The molecular formula is C16H17ClN4O2. The van der Waals surface area contributed by atoms with Crippen LogP contribution in [0.5, 0.6) is 0 Å². The minimum atomic E-state index is -0.258. The first kappa shape index (κ1) is 15.6. The fourth-order valence-corrected chi connectivity index (χ4v) is 3.08. The molecule has 1 unspecified atom stereocenters. The first-order chi connectivity index (χ1) is 11.0. The van der Waals surface area contributed by atoms with Crippen LogP contribution >= 0.6 is 11.6 Å². The van der Waals surface area contributed by atoms with Gasteiger partial charge < -0.3 is 15.6 Å². The Labute approximate surface area is 138 Å². The maximum atomic E-state index is 12.4. The SMILES string of the molecule is Cn1c2c(ccc1=O)C(NC(=O)c1cnc(N)c(Cl)c1)CCC2. The summed E-state index contributed by atoms with van der Waals surface area (Å²) in [6.45, 7) is 0. The van der Waals surface area contributed by atoms with E-state index in [1.807, 2.05) is 0 Å². The third-order valence-electron chi connectivity index (χ3n) is 4.19. The zero-order valence-electron chi connectivity index (χ0n) is 12.7. The highest BCUT2D eigenvalue weighted by atomic mass is 35.5. The number of nitrogens with zero attached hydrogens (tertiary/aromatic N) is 2. The number of aromatic nitrogens is 2. The summed E-state index contributed by atoms with van der Waals surface area (Å²) >= 11 is 5.91. The van der Waals surface area contributed by atoms with Crippen molar-refractivity contribution in [3.8, 4) is 0 Å². The van der Waals surface area contributed by atoms with Gasteiger partial charge in [0.1, 0.15) is 5.82 Å². The van der Waals surface area contributed by atoms with E-state index in [-0.39, 0.29) is 28.3 Å². The summed E-state index contributed by atoms with van der Waals surface area (Å²) in [7, 11) is 1.76. The minimum Gasteiger partial charge on any atom is -0.382 e. The summed E-state index contributed by atoms with van der Waals surface area (Å²) in [6.07, 6.45) is 3.98. The van der Waals surface area contributed by atoms with E-state index in [9.17, 15) is 9.59 Å². The normalized spacial score (nSPS) is 16.7. The number of nitrogen functional groups attached to an aromatic ring is 1. The maximum absolute atomic E-state index is 12.4. The average molecular weight is 333 g/mol. The van der Waals surface area contributed by atoms with Gasteiger partial charge in [0.15, 0.2) is 0 Å². The van der Waals surface area contributed by atoms with Crippen molar-refractivity contribution in [3.05, 3.63) is 56.6 Å². The van der Waals surface area contributed by atoms with Crippen LogP contribution in [0, 0.1) is 0 Å². The van der Waals surface area contributed by atoms with E-state index < -0.39 is 0 Å². The van der Waals surface area contributed by atoms with Gasteiger partial charge in [0.25, 0.3) is 5.91 Å². The van der Waals surface area contributed by atoms with Crippen LogP contribution in [0.3, 0.4) is 0 Å². The number of nitrogens with two attached hydrogens (primary N) is 1. The van der Waals surface area contributed by atoms with Gasteiger partial charge in [-0.3, -0.25) is 9.59 Å². The predicted octanol–water partition coefficient (Wildman–Crippen LogP) is 1.82. The number of anilines is 1. The number of carbonyl (C=O) groups is 1. The number of hydrogen-bond acceptors (Lipinski definition) is 4. The molecule has 0 aliphatic heterocycles. The van der Waals surface area contributed by atoms with Gasteiger partial charge in [-0.05, 0) is 37.0 Å². The topological polar surface area (TPSA) is 90.0 Å². The Hall–Kier alpha value is -2.34. The van der Waals surface area contributed by atoms with Crippen molar-refractivity contribution in [2.24, 2.45) is 7.05 Å². The summed E-state index contributed by atoms with van der Waals surface area (Å²) in [5.41, 5.74) is 7.85. The number of halogens is 1. The quantitative estimate of drug-likeness (QED) is 0.877. The number of carbonyl (C=O) groups excluding carboxylic acids is 1. The monoisotopic (exact) mass is 332 g/mol. The summed E-state index contributed by atoms with van der Waals surface area (Å²) in [5.74, 6) is -0.0627. The number of hydrogen-bond donors (Lipinski definition) is 2. The molecule has 7 heteroatoms. The number of rotatable bonds is 2. The van der Waals surface area contributed by atoms with Crippen LogP contribution in [0.4, 0.5) is 5.82 Å². The van der Waals surface area contributed by atoms with Crippen molar-refractivity contribution in [2.75, 3.05) is 5.73 Å². The largest absolute Gasteiger partial charge is 0.382 e. The van der Waals surface area contributed by atoms with Crippen LogP contribution in [0.25, 0.3) is 0 Å². The van der Waals surface area contributed by atoms with Crippen molar-refractivity contribution in [1.82, 2.24) is 14.9 Å². The molecule has 3 N–H and O–H groups in total. The fourth-order valence-electron chi connectivity index (χ4n) is 2.92. The van der Waals surface area contributed by atoms with Crippen molar-refractivity contribution in [2.45, 2.75) is 25.3 Å². The van der Waals surface area contributed by atoms with E-state index in [4.69, 9.17) is 17.3 Å². The van der Waals surface area contributed by atoms with Gasteiger partial charge in [-0.1, -0.05) is 11.6 Å². The van der Waals surface area contributed by atoms with Crippen LogP contribution in [0.2, 0.25) is 5.02 Å². The number of pyridine rings is 2. The van der Waals surface area contributed by atoms with E-state index >= 15 is 0 Å². The van der Waals surface area contributed by atoms with Gasteiger partial charge in [0.05, 0.1) is 16.6 Å². The zero-order chi connectivity index (χ0) is 16.6. The van der Waals surface area contributed by atoms with Crippen molar-refractivity contribution in [3.63, 3.8) is 0 Å². The predicted molar refractivity (Wildman–Crippen MR) is 88.5 cm³/mol. The fraction of sp³-hybridized carbons (Fsp3) is 0.312. The maximum Gasteiger partial charge on any atom is 0.253 e. The number of amides is 1. The summed E-state index contributed by atoms with van der Waals surface area (Å²) in [4.78, 5) is 28.1. The molecule has 3 rings (SSSR count). The van der Waals surface area contributed by atoms with E-state index in [1.54, 1.807) is 17.7 Å². The minimum absolute atomic E-state index is 0.0368. The molecule has 120 valence electrons. The van der Waals surface area contributed by atoms with Crippen molar-refractivity contribution >= 4 is 23.3 Å². The first-order valence-electron chi connectivity index (χ1n) is 7.38. The Bertz CT molecular complexity index is 831. The van der Waals surface area contributed by atoms with Crippen LogP contribution in [0.1, 0.15) is 40.5 Å². The van der Waals surface area contributed by atoms with Gasteiger partial charge in [0, 0.05) is 25.0 Å². The van der Waals surface area contributed by atoms with Crippen LogP contribution in [0.15, 0.2) is 29.2 Å². The second-order valence-electron chi connectivity index (χ2n) is 5.64. The number of nitrogens with one attached hydrogen (secondary N) is 1. The van der Waals surface area contributed by atoms with Gasteiger partial charge >= 0.3 is 0 Å². The standard InChI is InChI=1S/C16H17ClN4O2/c1-21-13-4-2-3-12(10(13)5-6-14(21)22)20-16(23)9-7-11(17)15(18)19-8-9/h5-8,12H,2-4H2,1H3,(H2,18,19)(H,20,23). The molecule has 0 saturated carbocycles. The van der Waals surface area contributed by atoms with Gasteiger partial charge in [-0.2, -0.15) is 0 Å². The molecule has 0 saturated heterocycles. The van der Waals surface area contributed by atoms with E-state index in [2.05, 4.69) is 10.3 Å². The Morgan fingerprint density at radius 2 is 2.26 bits per heavy atom. The van der Waals surface area contributed by atoms with Crippen molar-refractivity contribution < 1.29 is 4.79 Å². The molecule has 1 aliphatic rings. The average Bonchev–Trinajstić information content (AvgIpc) is 2.54. The van der Waals surface area contributed by atoms with Gasteiger partial charge in [0.2, 0.25) is 5.56 Å². The molecule has 23 heavy (non-hydrogen) atoms. The second kappa shape index (κ2) is 6.04. The third-order valence-corrected chi connectivity index (χ3v) is 4.50. The van der Waals surface area contributed by atoms with Crippen LogP contribution < -0.4 is 16.6 Å². The lowest BCUT2D eigenvalue weighted by Crippen LogP contribution is -2.34. The number of fused-ring (bicyclic) bond motifs is 1. The lowest BCUT2D eigenvalue weighted by molar-refractivity contribution is 0.0932. The summed E-state index contributed by atoms with van der Waals surface area (Å²) in [6, 6.07) is 4.71. The molecule has 0 aromatic carbocycles. The zero-order valence-corrected chi connectivity index (χ0v) is 13.4. The highest BCUT2D eigenvalue weighted by molar-refractivity contribution is 6.33. The van der Waals surface area contributed by atoms with Gasteiger partial charge in [-0.25, -0.2) is 4.98 Å².